The van der Waals surface area contributed by atoms with Crippen molar-refractivity contribution in [1.82, 2.24) is 15.0 Å². The Morgan fingerprint density at radius 1 is 0.971 bits per heavy atom. The molecule has 0 aliphatic rings. The second-order valence-corrected chi connectivity index (χ2v) is 8.40. The number of methoxy groups -OCH3 is 3. The zero-order valence-corrected chi connectivity index (χ0v) is 20.5. The number of fused-ring (bicyclic) bond motifs is 1. The molecule has 8 nitrogen and oxygen atoms in total. The van der Waals surface area contributed by atoms with Crippen LogP contribution in [0.1, 0.15) is 11.1 Å². The smallest absolute Gasteiger partial charge is 0.250 e. The molecule has 4 rings (SSSR count). The van der Waals surface area contributed by atoms with Crippen LogP contribution in [0.5, 0.6) is 17.2 Å². The van der Waals surface area contributed by atoms with E-state index in [1.165, 1.54) is 32.2 Å². The summed E-state index contributed by atoms with van der Waals surface area (Å²) < 4.78 is 18.2. The Bertz CT molecular complexity index is 1340. The number of ether oxygens (including phenoxy) is 3. The van der Waals surface area contributed by atoms with Crippen molar-refractivity contribution in [2.45, 2.75) is 11.7 Å². The van der Waals surface area contributed by atoms with E-state index in [2.05, 4.69) is 27.2 Å². The molecule has 0 atom stereocenters. The Morgan fingerprint density at radius 2 is 1.71 bits per heavy atom. The van der Waals surface area contributed by atoms with E-state index in [0.29, 0.717) is 29.4 Å². The van der Waals surface area contributed by atoms with Crippen molar-refractivity contribution in [2.75, 3.05) is 27.1 Å². The van der Waals surface area contributed by atoms with Crippen molar-refractivity contribution >= 4 is 34.9 Å². The second-order valence-electron chi connectivity index (χ2n) is 7.46. The third-order valence-corrected chi connectivity index (χ3v) is 6.24. The summed E-state index contributed by atoms with van der Waals surface area (Å²) in [4.78, 5) is 17.2. The molecule has 4 aromatic rings. The number of aromatic nitrogens is 2. The molecule has 0 saturated heterocycles. The summed E-state index contributed by atoms with van der Waals surface area (Å²) in [6.07, 6.45) is 1.51. The van der Waals surface area contributed by atoms with Gasteiger partial charge in [0.2, 0.25) is 5.75 Å². The highest BCUT2D eigenvalue weighted by Gasteiger charge is 2.15. The number of thioether (sulfide) groups is 1. The summed E-state index contributed by atoms with van der Waals surface area (Å²) in [7, 11) is 4.62. The summed E-state index contributed by atoms with van der Waals surface area (Å²) in [5, 5.41) is 4.86. The molecule has 0 spiro atoms. The summed E-state index contributed by atoms with van der Waals surface area (Å²) >= 11 is 1.37. The van der Waals surface area contributed by atoms with Crippen molar-refractivity contribution in [1.29, 1.82) is 0 Å². The van der Waals surface area contributed by atoms with Gasteiger partial charge in [0.05, 0.1) is 50.9 Å². The lowest BCUT2D eigenvalue weighted by Crippen LogP contribution is -2.20. The monoisotopic (exact) mass is 490 g/mol. The van der Waals surface area contributed by atoms with Gasteiger partial charge >= 0.3 is 0 Å². The standard InChI is InChI=1S/C26H26N4O4S/c1-32-22-14-13-19(24(33-2)25(22)34-3)15-27-29-23(31)17-35-26-28-20-11-7-8-12-21(20)30(26)16-18-9-5-4-6-10-18/h4-15H,16-17H2,1-3H3,(H,29,31)/b27-15+. The predicted octanol–water partition coefficient (Wildman–Crippen LogP) is 4.35. The first-order chi connectivity index (χ1) is 17.1. The lowest BCUT2D eigenvalue weighted by atomic mass is 10.2. The van der Waals surface area contributed by atoms with E-state index >= 15 is 0 Å². The van der Waals surface area contributed by atoms with Crippen molar-refractivity contribution < 1.29 is 19.0 Å². The predicted molar refractivity (Wildman–Crippen MR) is 138 cm³/mol. The van der Waals surface area contributed by atoms with Crippen LogP contribution >= 0.6 is 11.8 Å². The first kappa shape index (κ1) is 24.2. The van der Waals surface area contributed by atoms with Gasteiger partial charge in [-0.05, 0) is 29.8 Å². The molecule has 0 aliphatic heterocycles. The molecular formula is C26H26N4O4S. The van der Waals surface area contributed by atoms with Crippen molar-refractivity contribution in [3.05, 3.63) is 77.9 Å². The minimum Gasteiger partial charge on any atom is -0.493 e. The van der Waals surface area contributed by atoms with Crippen LogP contribution in [-0.4, -0.2) is 48.8 Å². The number of hydrazone groups is 1. The number of amides is 1. The molecule has 1 heterocycles. The molecular weight excluding hydrogens is 464 g/mol. The Kier molecular flexibility index (Phi) is 7.89. The molecule has 0 bridgehead atoms. The molecule has 0 saturated carbocycles. The topological polar surface area (TPSA) is 87.0 Å². The van der Waals surface area contributed by atoms with Crippen LogP contribution in [0.25, 0.3) is 11.0 Å². The van der Waals surface area contributed by atoms with Gasteiger partial charge in [0.1, 0.15) is 0 Å². The van der Waals surface area contributed by atoms with Crippen molar-refractivity contribution in [3.8, 4) is 17.2 Å². The molecule has 180 valence electrons. The van der Waals surface area contributed by atoms with Gasteiger partial charge in [0.25, 0.3) is 5.91 Å². The fraction of sp³-hybridized carbons (Fsp3) is 0.192. The number of hydrogen-bond acceptors (Lipinski definition) is 7. The number of carbonyl (C=O) groups excluding carboxylic acids is 1. The van der Waals surface area contributed by atoms with E-state index in [0.717, 1.165) is 21.8 Å². The molecule has 0 radical (unpaired) electrons. The summed E-state index contributed by atoms with van der Waals surface area (Å²) in [5.41, 5.74) is 6.29. The van der Waals surface area contributed by atoms with E-state index < -0.39 is 0 Å². The van der Waals surface area contributed by atoms with Crippen LogP contribution < -0.4 is 19.6 Å². The number of nitrogens with zero attached hydrogens (tertiary/aromatic N) is 3. The Morgan fingerprint density at radius 3 is 2.46 bits per heavy atom. The molecule has 0 fully saturated rings. The zero-order chi connectivity index (χ0) is 24.6. The van der Waals surface area contributed by atoms with Gasteiger partial charge in [-0.3, -0.25) is 4.79 Å². The van der Waals surface area contributed by atoms with E-state index in [4.69, 9.17) is 19.2 Å². The highest BCUT2D eigenvalue weighted by Crippen LogP contribution is 2.39. The Balaban J connectivity index is 1.45. The van der Waals surface area contributed by atoms with Gasteiger partial charge in [-0.25, -0.2) is 10.4 Å². The fourth-order valence-corrected chi connectivity index (χ4v) is 4.45. The second kappa shape index (κ2) is 11.4. The maximum atomic E-state index is 12.5. The van der Waals surface area contributed by atoms with E-state index in [-0.39, 0.29) is 11.7 Å². The molecule has 35 heavy (non-hydrogen) atoms. The molecule has 1 aromatic heterocycles. The number of para-hydroxylation sites is 2. The van der Waals surface area contributed by atoms with Crippen LogP contribution in [0.3, 0.4) is 0 Å². The van der Waals surface area contributed by atoms with E-state index in [1.807, 2.05) is 42.5 Å². The highest BCUT2D eigenvalue weighted by molar-refractivity contribution is 7.99. The van der Waals surface area contributed by atoms with Crippen LogP contribution in [0.2, 0.25) is 0 Å². The first-order valence-electron chi connectivity index (χ1n) is 10.9. The minimum atomic E-state index is -0.246. The zero-order valence-electron chi connectivity index (χ0n) is 19.7. The van der Waals surface area contributed by atoms with E-state index in [9.17, 15) is 4.79 Å². The van der Waals surface area contributed by atoms with E-state index in [1.54, 1.807) is 19.2 Å². The van der Waals surface area contributed by atoms with Gasteiger partial charge < -0.3 is 18.8 Å². The van der Waals surface area contributed by atoms with Gasteiger partial charge in [0, 0.05) is 5.56 Å². The maximum Gasteiger partial charge on any atom is 0.250 e. The number of benzene rings is 3. The Labute approximate surface area is 207 Å². The average Bonchev–Trinajstić information content (AvgIpc) is 3.24. The number of hydrogen-bond donors (Lipinski definition) is 1. The molecule has 3 aromatic carbocycles. The summed E-state index contributed by atoms with van der Waals surface area (Å²) in [6, 6.07) is 21.7. The third-order valence-electron chi connectivity index (χ3n) is 5.26. The minimum absolute atomic E-state index is 0.165. The van der Waals surface area contributed by atoms with Gasteiger partial charge in [0.15, 0.2) is 16.7 Å². The van der Waals surface area contributed by atoms with Crippen molar-refractivity contribution in [2.24, 2.45) is 5.10 Å². The molecule has 1 amide bonds. The molecule has 9 heteroatoms. The van der Waals surface area contributed by atoms with Gasteiger partial charge in [-0.1, -0.05) is 54.2 Å². The number of carbonyl (C=O) groups is 1. The number of rotatable bonds is 10. The van der Waals surface area contributed by atoms with Gasteiger partial charge in [-0.2, -0.15) is 5.10 Å². The fourth-order valence-electron chi connectivity index (χ4n) is 3.64. The Hall–Kier alpha value is -3.98. The number of imidazole rings is 1. The van der Waals surface area contributed by atoms with Crippen LogP contribution in [0.4, 0.5) is 0 Å². The van der Waals surface area contributed by atoms with Crippen molar-refractivity contribution in [3.63, 3.8) is 0 Å². The van der Waals surface area contributed by atoms with Crippen LogP contribution in [-0.2, 0) is 11.3 Å². The van der Waals surface area contributed by atoms with Crippen LogP contribution in [0, 0.1) is 0 Å². The quantitative estimate of drug-likeness (QED) is 0.202. The highest BCUT2D eigenvalue weighted by atomic mass is 32.2. The largest absolute Gasteiger partial charge is 0.493 e. The molecule has 1 N–H and O–H groups in total. The lowest BCUT2D eigenvalue weighted by Gasteiger charge is -2.13. The van der Waals surface area contributed by atoms with Crippen LogP contribution in [0.15, 0.2) is 77.0 Å². The number of nitrogens with one attached hydrogen (secondary N) is 1. The lowest BCUT2D eigenvalue weighted by molar-refractivity contribution is -0.118. The normalized spacial score (nSPS) is 11.1. The maximum absolute atomic E-state index is 12.5. The SMILES string of the molecule is COc1ccc(/C=N/NC(=O)CSc2nc3ccccc3n2Cc2ccccc2)c(OC)c1OC. The first-order valence-corrected chi connectivity index (χ1v) is 11.9. The third kappa shape index (κ3) is 5.58. The summed E-state index contributed by atoms with van der Waals surface area (Å²) in [6.45, 7) is 0.669. The summed E-state index contributed by atoms with van der Waals surface area (Å²) in [5.74, 6) is 1.38. The molecule has 0 unspecified atom stereocenters. The average molecular weight is 491 g/mol. The van der Waals surface area contributed by atoms with Gasteiger partial charge in [-0.15, -0.1) is 0 Å². The molecule has 0 aliphatic carbocycles.